The van der Waals surface area contributed by atoms with Crippen molar-refractivity contribution in [1.82, 2.24) is 0 Å². The van der Waals surface area contributed by atoms with E-state index in [1.165, 1.54) is 10.9 Å². The van der Waals surface area contributed by atoms with Gasteiger partial charge in [0.25, 0.3) is 0 Å². The van der Waals surface area contributed by atoms with Crippen LogP contribution in [-0.4, -0.2) is 42.3 Å². The molecule has 0 unspecified atom stereocenters. The maximum Gasteiger partial charge on any atom is -0.0809 e. The largest absolute Gasteiger partial charge is 0.855 e. The van der Waals surface area contributed by atoms with Gasteiger partial charge in [-0.1, -0.05) is 20.8 Å². The number of rotatable bonds is 2. The Morgan fingerprint density at radius 1 is 1.00 bits per heavy atom. The topological polar surface area (TPSA) is 69.2 Å². The van der Waals surface area contributed by atoms with Crippen molar-refractivity contribution in [1.29, 1.82) is 0 Å². The Labute approximate surface area is 102 Å². The van der Waals surface area contributed by atoms with E-state index >= 15 is 0 Å². The number of hydrogen-bond donors (Lipinski definition) is 0. The first-order valence-electron chi connectivity index (χ1n) is 4.66. The average Bonchev–Trinajstić information content (AvgIpc) is 2.09. The molecule has 0 saturated carbocycles. The number of allylic oxidation sites excluding steroid dienone is 1. The average molecular weight is 309 g/mol. The van der Waals surface area contributed by atoms with Crippen LogP contribution in [0.3, 0.4) is 0 Å². The van der Waals surface area contributed by atoms with Crippen LogP contribution in [-0.2, 0) is 0 Å². The maximum atomic E-state index is 8.93. The molecule has 3 nitrogen and oxygen atoms in total. The molecule has 0 aliphatic rings. The summed E-state index contributed by atoms with van der Waals surface area (Å²) in [4.78, 5) is 0. The zero-order valence-electron chi connectivity index (χ0n) is 9.54. The third kappa shape index (κ3) is 277. The molecule has 0 spiro atoms. The van der Waals surface area contributed by atoms with E-state index in [2.05, 4.69) is 6.58 Å². The predicted octanol–water partition coefficient (Wildman–Crippen LogP) is -0.751. The molecule has 0 atom stereocenters. The van der Waals surface area contributed by atoms with Gasteiger partial charge in [-0.25, -0.2) is 0 Å². The smallest absolute Gasteiger partial charge is 0.0809 e. The molecule has 0 rings (SSSR count). The van der Waals surface area contributed by atoms with Gasteiger partial charge in [-0.2, -0.15) is 0 Å². The minimum absolute atomic E-state index is 0. The molecule has 0 aromatic heterocycles. The van der Waals surface area contributed by atoms with Crippen molar-refractivity contribution in [2.75, 3.05) is 19.8 Å². The molecule has 14 heavy (non-hydrogen) atoms. The molecular weight excluding hydrogens is 287 g/mol. The van der Waals surface area contributed by atoms with E-state index in [0.29, 0.717) is 0 Å². The molecule has 0 aromatic rings. The van der Waals surface area contributed by atoms with Crippen molar-refractivity contribution in [3.05, 3.63) is 12.7 Å². The van der Waals surface area contributed by atoms with Crippen LogP contribution in [0.4, 0.5) is 0 Å². The summed E-state index contributed by atoms with van der Waals surface area (Å²) in [5, 5.41) is 26.8. The van der Waals surface area contributed by atoms with Crippen LogP contribution in [0.5, 0.6) is 0 Å². The third-order valence-electron chi connectivity index (χ3n) is 0.348. The van der Waals surface area contributed by atoms with Crippen LogP contribution in [0.25, 0.3) is 0 Å². The molecule has 0 aliphatic carbocycles. The quantitative estimate of drug-likeness (QED) is 0.498. The molecule has 0 saturated heterocycles. The molecule has 4 heteroatoms. The van der Waals surface area contributed by atoms with Gasteiger partial charge in [0, 0.05) is 0 Å². The zero-order chi connectivity index (χ0) is 12.2. The second kappa shape index (κ2) is 50.2. The molecule has 0 aliphatic heterocycles. The Morgan fingerprint density at radius 2 is 1.21 bits per heavy atom. The molecular formula is C10H22O3Sn. The van der Waals surface area contributed by atoms with Crippen molar-refractivity contribution in [2.24, 2.45) is 0 Å². The Bertz CT molecular complexity index is 56.6. The predicted molar refractivity (Wildman–Crippen MR) is 57.0 cm³/mol. The van der Waals surface area contributed by atoms with Gasteiger partial charge in [0.1, 0.15) is 0 Å². The molecule has 0 radical (unpaired) electrons. The summed E-state index contributed by atoms with van der Waals surface area (Å²) < 4.78 is 1.32. The van der Waals surface area contributed by atoms with Crippen LogP contribution in [0.1, 0.15) is 27.2 Å². The van der Waals surface area contributed by atoms with Gasteiger partial charge in [-0.15, -0.1) is 19.8 Å². The zero-order valence-corrected chi connectivity index (χ0v) is 12.4. The summed E-state index contributed by atoms with van der Waals surface area (Å²) >= 11 is 1.61. The van der Waals surface area contributed by atoms with Gasteiger partial charge in [0.15, 0.2) is 0 Å². The minimum Gasteiger partial charge on any atom is -0.855 e. The molecule has 0 amide bonds. The van der Waals surface area contributed by atoms with E-state index in [1.54, 1.807) is 43.3 Å². The van der Waals surface area contributed by atoms with Gasteiger partial charge in [-0.3, -0.25) is 0 Å². The van der Waals surface area contributed by atoms with Gasteiger partial charge in [0.2, 0.25) is 0 Å². The monoisotopic (exact) mass is 310 g/mol. The summed E-state index contributed by atoms with van der Waals surface area (Å²) in [5.74, 6) is 0. The second-order valence-corrected chi connectivity index (χ2v) is 3.12. The van der Waals surface area contributed by atoms with Crippen LogP contribution in [0.15, 0.2) is 12.7 Å². The van der Waals surface area contributed by atoms with Crippen molar-refractivity contribution >= 4 is 22.5 Å². The summed E-state index contributed by atoms with van der Waals surface area (Å²) in [6.45, 7) is 8.27. The van der Waals surface area contributed by atoms with E-state index in [1.807, 2.05) is 6.08 Å². The first-order valence-corrected chi connectivity index (χ1v) is 6.68. The fourth-order valence-electron chi connectivity index (χ4n) is 0.102. The Kier molecular flexibility index (Phi) is 85.8. The summed E-state index contributed by atoms with van der Waals surface area (Å²) in [6, 6.07) is 0. The summed E-state index contributed by atoms with van der Waals surface area (Å²) in [5.41, 5.74) is 0. The Balaban J connectivity index is -0.0000000495. The maximum absolute atomic E-state index is 8.93. The van der Waals surface area contributed by atoms with Crippen molar-refractivity contribution < 1.29 is 15.3 Å². The van der Waals surface area contributed by atoms with Gasteiger partial charge >= 0.3 is 46.0 Å². The SMILES string of the molecule is C=CC[CH2][Sn+3].CC[O-].CC[O-].CC[O-]. The van der Waals surface area contributed by atoms with Crippen molar-refractivity contribution in [3.63, 3.8) is 0 Å². The third-order valence-corrected chi connectivity index (χ3v) is 1.17. The fraction of sp³-hybridized carbons (Fsp3) is 0.800. The van der Waals surface area contributed by atoms with Crippen molar-refractivity contribution in [3.8, 4) is 0 Å². The minimum atomic E-state index is 0. The van der Waals surface area contributed by atoms with E-state index < -0.39 is 0 Å². The van der Waals surface area contributed by atoms with E-state index in [-0.39, 0.29) is 19.8 Å². The van der Waals surface area contributed by atoms with Crippen LogP contribution in [0, 0.1) is 0 Å². The standard InChI is InChI=1S/C4H7.3C2H5O.Sn/c1-3-4-2;3*1-2-3;/h3H,1-2,4H2;3*2H2,1H3;/q;3*-1;+3. The molecule has 84 valence electrons. The molecule has 0 aromatic carbocycles. The Morgan fingerprint density at radius 3 is 1.21 bits per heavy atom. The molecule has 0 fully saturated rings. The normalized spacial score (nSPS) is 6.57. The number of hydrogen-bond acceptors (Lipinski definition) is 3. The van der Waals surface area contributed by atoms with Crippen molar-refractivity contribution in [2.45, 2.75) is 31.6 Å². The Hall–Kier alpha value is 0.419. The van der Waals surface area contributed by atoms with E-state index in [4.69, 9.17) is 15.3 Å². The van der Waals surface area contributed by atoms with Crippen LogP contribution in [0.2, 0.25) is 4.44 Å². The van der Waals surface area contributed by atoms with Crippen LogP contribution >= 0.6 is 0 Å². The molecule has 0 heterocycles. The van der Waals surface area contributed by atoms with E-state index in [0.717, 1.165) is 0 Å². The van der Waals surface area contributed by atoms with Gasteiger partial charge in [0.05, 0.1) is 0 Å². The van der Waals surface area contributed by atoms with Crippen LogP contribution < -0.4 is 15.3 Å². The van der Waals surface area contributed by atoms with Gasteiger partial charge in [-0.05, 0) is 0 Å². The summed E-state index contributed by atoms with van der Waals surface area (Å²) in [6.07, 6.45) is 3.15. The van der Waals surface area contributed by atoms with Gasteiger partial charge < -0.3 is 15.3 Å². The fourth-order valence-corrected chi connectivity index (χ4v) is 0.685. The molecule has 0 N–H and O–H groups in total. The van der Waals surface area contributed by atoms with E-state index in [9.17, 15) is 0 Å². The first kappa shape index (κ1) is 23.9. The second-order valence-electron chi connectivity index (χ2n) is 1.69. The summed E-state index contributed by atoms with van der Waals surface area (Å²) in [7, 11) is 0. The molecule has 0 bridgehead atoms. The first-order chi connectivity index (χ1) is 6.66.